The van der Waals surface area contributed by atoms with Crippen LogP contribution in [-0.4, -0.2) is 10.4 Å². The third kappa shape index (κ3) is 2.95. The molecule has 68 valence electrons. The second kappa shape index (κ2) is 4.72. The topological polar surface area (TPSA) is 29.4 Å². The molecule has 1 atom stereocenters. The number of aryl methyl sites for hydroxylation is 1. The van der Waals surface area contributed by atoms with Crippen molar-refractivity contribution >= 4 is 17.2 Å². The van der Waals surface area contributed by atoms with Gasteiger partial charge in [-0.25, -0.2) is 4.21 Å². The SMILES string of the molecule is C=C/C=N/[S@](=O)c1ccc(C)cc1. The Labute approximate surface area is 80.6 Å². The quantitative estimate of drug-likeness (QED) is 0.677. The molecule has 0 saturated carbocycles. The summed E-state index contributed by atoms with van der Waals surface area (Å²) in [6.45, 7) is 5.44. The molecule has 0 amide bonds. The van der Waals surface area contributed by atoms with Crippen molar-refractivity contribution in [1.82, 2.24) is 0 Å². The standard InChI is InChI=1S/C10H11NOS/c1-3-8-11-13(12)10-6-4-9(2)5-7-10/h3-8H,1H2,2H3/b11-8+/t13-/m1/s1. The lowest BCUT2D eigenvalue weighted by Crippen LogP contribution is -1.86. The van der Waals surface area contributed by atoms with E-state index in [0.717, 1.165) is 5.56 Å². The minimum absolute atomic E-state index is 0.712. The van der Waals surface area contributed by atoms with Crippen molar-refractivity contribution in [2.75, 3.05) is 0 Å². The lowest BCUT2D eigenvalue weighted by molar-refractivity contribution is 0.684. The predicted octanol–water partition coefficient (Wildman–Crippen LogP) is 2.27. The van der Waals surface area contributed by atoms with Crippen molar-refractivity contribution in [1.29, 1.82) is 0 Å². The van der Waals surface area contributed by atoms with Crippen LogP contribution >= 0.6 is 0 Å². The van der Waals surface area contributed by atoms with E-state index in [-0.39, 0.29) is 0 Å². The number of benzene rings is 1. The number of allylic oxidation sites excluding steroid dienone is 1. The summed E-state index contributed by atoms with van der Waals surface area (Å²) in [4.78, 5) is 0.712. The highest BCUT2D eigenvalue weighted by atomic mass is 32.2. The van der Waals surface area contributed by atoms with E-state index in [2.05, 4.69) is 11.0 Å². The Hall–Kier alpha value is -1.22. The van der Waals surface area contributed by atoms with Crippen molar-refractivity contribution in [3.8, 4) is 0 Å². The average Bonchev–Trinajstić information content (AvgIpc) is 2.15. The number of nitrogens with zero attached hydrogens (tertiary/aromatic N) is 1. The van der Waals surface area contributed by atoms with Gasteiger partial charge >= 0.3 is 0 Å². The Morgan fingerprint density at radius 2 is 2.00 bits per heavy atom. The summed E-state index contributed by atoms with van der Waals surface area (Å²) < 4.78 is 15.2. The summed E-state index contributed by atoms with van der Waals surface area (Å²) in [6, 6.07) is 7.45. The predicted molar refractivity (Wildman–Crippen MR) is 56.3 cm³/mol. The van der Waals surface area contributed by atoms with E-state index in [1.54, 1.807) is 0 Å². The highest BCUT2D eigenvalue weighted by Crippen LogP contribution is 2.08. The maximum Gasteiger partial charge on any atom is 0.172 e. The van der Waals surface area contributed by atoms with Gasteiger partial charge in [0.1, 0.15) is 0 Å². The van der Waals surface area contributed by atoms with E-state index < -0.39 is 11.0 Å². The van der Waals surface area contributed by atoms with E-state index in [0.29, 0.717) is 4.90 Å². The monoisotopic (exact) mass is 193 g/mol. The van der Waals surface area contributed by atoms with Gasteiger partial charge in [0.15, 0.2) is 11.0 Å². The van der Waals surface area contributed by atoms with Crippen LogP contribution in [0.5, 0.6) is 0 Å². The molecular weight excluding hydrogens is 182 g/mol. The van der Waals surface area contributed by atoms with Crippen molar-refractivity contribution in [2.24, 2.45) is 4.40 Å². The van der Waals surface area contributed by atoms with Crippen LogP contribution in [0.1, 0.15) is 5.56 Å². The fourth-order valence-corrected chi connectivity index (χ4v) is 1.50. The van der Waals surface area contributed by atoms with E-state index >= 15 is 0 Å². The fraction of sp³-hybridized carbons (Fsp3) is 0.100. The largest absolute Gasteiger partial charge is 0.229 e. The molecule has 0 aromatic heterocycles. The molecular formula is C10H11NOS. The molecule has 0 aliphatic rings. The molecule has 0 bridgehead atoms. The van der Waals surface area contributed by atoms with Gasteiger partial charge in [0.05, 0.1) is 4.90 Å². The molecule has 13 heavy (non-hydrogen) atoms. The molecule has 0 unspecified atom stereocenters. The first-order valence-electron chi connectivity index (χ1n) is 3.87. The zero-order valence-corrected chi connectivity index (χ0v) is 8.25. The molecule has 0 N–H and O–H groups in total. The Morgan fingerprint density at radius 3 is 2.54 bits per heavy atom. The Kier molecular flexibility index (Phi) is 3.58. The highest BCUT2D eigenvalue weighted by Gasteiger charge is 1.98. The fourth-order valence-electron chi connectivity index (χ4n) is 0.814. The van der Waals surface area contributed by atoms with Gasteiger partial charge in [0.25, 0.3) is 0 Å². The van der Waals surface area contributed by atoms with Crippen LogP contribution in [0.4, 0.5) is 0 Å². The molecule has 1 aromatic carbocycles. The molecule has 0 heterocycles. The minimum Gasteiger partial charge on any atom is -0.229 e. The van der Waals surface area contributed by atoms with Crippen LogP contribution in [0.2, 0.25) is 0 Å². The third-order valence-electron chi connectivity index (χ3n) is 1.48. The van der Waals surface area contributed by atoms with Crippen molar-refractivity contribution < 1.29 is 4.21 Å². The molecule has 0 saturated heterocycles. The van der Waals surface area contributed by atoms with E-state index in [1.807, 2.05) is 31.2 Å². The summed E-state index contributed by atoms with van der Waals surface area (Å²) >= 11 is 0. The average molecular weight is 193 g/mol. The summed E-state index contributed by atoms with van der Waals surface area (Å²) in [6.07, 6.45) is 2.95. The van der Waals surface area contributed by atoms with Crippen LogP contribution in [0.25, 0.3) is 0 Å². The van der Waals surface area contributed by atoms with Crippen molar-refractivity contribution in [2.45, 2.75) is 11.8 Å². The third-order valence-corrected chi connectivity index (χ3v) is 2.47. The van der Waals surface area contributed by atoms with Gasteiger partial charge in [-0.05, 0) is 19.1 Å². The first-order chi connectivity index (χ1) is 6.24. The smallest absolute Gasteiger partial charge is 0.172 e. The van der Waals surface area contributed by atoms with Crippen LogP contribution in [0.15, 0.2) is 46.2 Å². The van der Waals surface area contributed by atoms with E-state index in [4.69, 9.17) is 0 Å². The number of hydrogen-bond donors (Lipinski definition) is 0. The number of rotatable bonds is 3. The maximum atomic E-state index is 11.4. The molecule has 0 aliphatic carbocycles. The van der Waals surface area contributed by atoms with Crippen molar-refractivity contribution in [3.05, 3.63) is 42.5 Å². The first kappa shape index (κ1) is 9.86. The zero-order chi connectivity index (χ0) is 9.68. The van der Waals surface area contributed by atoms with Gasteiger partial charge in [0.2, 0.25) is 0 Å². The zero-order valence-electron chi connectivity index (χ0n) is 7.43. The summed E-state index contributed by atoms with van der Waals surface area (Å²) in [5.41, 5.74) is 1.15. The Morgan fingerprint density at radius 1 is 1.38 bits per heavy atom. The molecule has 1 aromatic rings. The molecule has 0 fully saturated rings. The van der Waals surface area contributed by atoms with Gasteiger partial charge in [0, 0.05) is 6.21 Å². The summed E-state index contributed by atoms with van der Waals surface area (Å²) in [5, 5.41) is 0. The van der Waals surface area contributed by atoms with Crippen molar-refractivity contribution in [3.63, 3.8) is 0 Å². The minimum atomic E-state index is -1.29. The van der Waals surface area contributed by atoms with Gasteiger partial charge < -0.3 is 0 Å². The van der Waals surface area contributed by atoms with Gasteiger partial charge in [-0.1, -0.05) is 30.4 Å². The lowest BCUT2D eigenvalue weighted by atomic mass is 10.2. The first-order valence-corrected chi connectivity index (χ1v) is 4.98. The van der Waals surface area contributed by atoms with Gasteiger partial charge in [-0.3, -0.25) is 0 Å². The normalized spacial score (nSPS) is 13.0. The van der Waals surface area contributed by atoms with Crippen LogP contribution in [0.3, 0.4) is 0 Å². The molecule has 0 spiro atoms. The molecule has 0 aliphatic heterocycles. The summed E-state index contributed by atoms with van der Waals surface area (Å²) in [5.74, 6) is 0. The van der Waals surface area contributed by atoms with Gasteiger partial charge in [-0.2, -0.15) is 4.40 Å². The van der Waals surface area contributed by atoms with Crippen LogP contribution in [0, 0.1) is 6.92 Å². The highest BCUT2D eigenvalue weighted by molar-refractivity contribution is 7.83. The van der Waals surface area contributed by atoms with Gasteiger partial charge in [-0.15, -0.1) is 0 Å². The molecule has 0 radical (unpaired) electrons. The molecule has 3 heteroatoms. The lowest BCUT2D eigenvalue weighted by Gasteiger charge is -1.95. The van der Waals surface area contributed by atoms with E-state index in [9.17, 15) is 4.21 Å². The summed E-state index contributed by atoms with van der Waals surface area (Å²) in [7, 11) is -1.29. The number of hydrogen-bond acceptors (Lipinski definition) is 1. The van der Waals surface area contributed by atoms with E-state index in [1.165, 1.54) is 12.3 Å². The van der Waals surface area contributed by atoms with Crippen LogP contribution < -0.4 is 0 Å². The Bertz CT molecular complexity index is 340. The molecule has 2 nitrogen and oxygen atoms in total. The maximum absolute atomic E-state index is 11.4. The molecule has 1 rings (SSSR count). The second-order valence-corrected chi connectivity index (χ2v) is 3.73. The Balaban J connectivity index is 2.83. The second-order valence-electron chi connectivity index (χ2n) is 2.55. The van der Waals surface area contributed by atoms with Crippen LogP contribution in [-0.2, 0) is 11.0 Å².